The van der Waals surface area contributed by atoms with Crippen LogP contribution in [0.3, 0.4) is 0 Å². The van der Waals surface area contributed by atoms with Gasteiger partial charge in [-0.2, -0.15) is 20.2 Å². The number of amides is 3. The van der Waals surface area contributed by atoms with E-state index in [1.54, 1.807) is 46.8 Å². The van der Waals surface area contributed by atoms with Gasteiger partial charge in [-0.1, -0.05) is 251 Å². The molecule has 596 valence electrons. The number of fused-ring (bicyclic) bond motifs is 3. The van der Waals surface area contributed by atoms with E-state index in [0.29, 0.717) is 63.9 Å². The van der Waals surface area contributed by atoms with Gasteiger partial charge in [0, 0.05) is 65.3 Å². The predicted octanol–water partition coefficient (Wildman–Crippen LogP) is 18.3. The Balaban J connectivity index is 0.000000525. The quantitative estimate of drug-likeness (QED) is 0.00801. The second kappa shape index (κ2) is 58.7. The Morgan fingerprint density at radius 1 is 0.377 bits per heavy atom. The molecule has 106 heavy (non-hydrogen) atoms. The molecule has 0 saturated carbocycles. The molecule has 0 fully saturated rings. The molecular formula is C78H132Cl4N15NaO5S3. The van der Waals surface area contributed by atoms with E-state index < -0.39 is 15.1 Å². The Morgan fingerprint density at radius 3 is 0.915 bits per heavy atom. The second-order valence-corrected chi connectivity index (χ2v) is 35.0. The number of carbonyl (C=O) groups excluding carboxylic acids is 3. The summed E-state index contributed by atoms with van der Waals surface area (Å²) in [4.78, 5) is 72.3. The van der Waals surface area contributed by atoms with Crippen molar-refractivity contribution in [1.82, 2.24) is 74.5 Å². The average Bonchev–Trinajstić information content (AvgIpc) is 1.58. The number of aromatic nitrogens is 12. The average molecular weight is 1620 g/mol. The standard InChI is InChI=1S/C26H44ClN5O3S.C26H44ClN5OS.C23H37Cl2N5O.C3H8S.Na/c1-20(2)36(34,35)25-23-24(30-26(27)31-25)29-21(3)32(23)19-17-15-13-11-9-7-5-6-8-10-12-14-16-18-22(33)28-4;1-20(2)34-25-23-24(30-26(27)31-25)29-21(3)32(23)19-17-15-13-11-9-7-5-6-8-10-12-14-16-18-22(33)28-4;1-18-27-22-20(21(24)28-23(25)29-22)30(18)17-15-13-11-9-7-5-3-4-6-8-10-12-14-16-19(31)26-2;1-3(2)4;/h20H,5-19H2,1-4H3,(H,28,33);20H,5-19H2,1-4H3,(H,28,33);3-17H2,1-2H3,(H,26,31);3-4H,1-2H3;/q;;;;+1/p-1. The molecule has 0 spiro atoms. The molecule has 6 aromatic heterocycles. The zero-order chi connectivity index (χ0) is 77.4. The molecule has 0 saturated heterocycles. The number of unbranched alkanes of at least 4 members (excludes halogenated alkanes) is 36. The molecule has 3 N–H and O–H groups in total. The van der Waals surface area contributed by atoms with Crippen LogP contribution >= 0.6 is 58.2 Å². The van der Waals surface area contributed by atoms with Gasteiger partial charge in [0.15, 0.2) is 37.0 Å². The molecule has 6 heterocycles. The van der Waals surface area contributed by atoms with E-state index >= 15 is 0 Å². The number of carbonyl (C=O) groups is 3. The van der Waals surface area contributed by atoms with Crippen molar-refractivity contribution in [1.29, 1.82) is 0 Å². The minimum atomic E-state index is -3.61. The minimum absolute atomic E-state index is 0. The van der Waals surface area contributed by atoms with Crippen molar-refractivity contribution in [2.24, 2.45) is 0 Å². The van der Waals surface area contributed by atoms with Gasteiger partial charge in [-0.05, 0) is 108 Å². The molecule has 0 aliphatic heterocycles. The number of halogens is 4. The van der Waals surface area contributed by atoms with Crippen molar-refractivity contribution in [3.05, 3.63) is 38.5 Å². The van der Waals surface area contributed by atoms with Crippen molar-refractivity contribution in [3.63, 3.8) is 0 Å². The van der Waals surface area contributed by atoms with Gasteiger partial charge in [0.1, 0.15) is 39.0 Å². The van der Waals surface area contributed by atoms with E-state index in [2.05, 4.69) is 96.4 Å². The van der Waals surface area contributed by atoms with Crippen LogP contribution < -0.4 is 45.5 Å². The number of sulfone groups is 1. The number of rotatable bonds is 52. The van der Waals surface area contributed by atoms with Gasteiger partial charge >= 0.3 is 29.6 Å². The number of nitrogens with zero attached hydrogens (tertiary/aromatic N) is 12. The van der Waals surface area contributed by atoms with Crippen LogP contribution in [0.2, 0.25) is 21.0 Å². The number of aryl methyl sites for hydroxylation is 6. The summed E-state index contributed by atoms with van der Waals surface area (Å²) in [7, 11) is 1.50. The largest absolute Gasteiger partial charge is 1.00 e. The SMILES string of the molecule is CC(C)[S-].CNC(=O)CCCCCCCCCCCCCCCn1c(C)nc2nc(Cl)nc(Cl)c21.CNC(=O)CCCCCCCCCCCCCCCn1c(C)nc2nc(Cl)nc(S(=O)(=O)C(C)C)c21.CNC(=O)CCCCCCCCCCCCCCCn1c(C)nc2nc(Cl)nc(SC(C)C)c21.[Na+]. The van der Waals surface area contributed by atoms with E-state index in [-0.39, 0.29) is 68.2 Å². The monoisotopic (exact) mass is 1620 g/mol. The third kappa shape index (κ3) is 40.9. The Hall–Kier alpha value is -3.13. The van der Waals surface area contributed by atoms with Crippen LogP contribution in [0.25, 0.3) is 33.5 Å². The van der Waals surface area contributed by atoms with Gasteiger partial charge in [-0.25, -0.2) is 38.3 Å². The van der Waals surface area contributed by atoms with E-state index in [9.17, 15) is 22.8 Å². The van der Waals surface area contributed by atoms with Gasteiger partial charge in [-0.15, -0.1) is 11.8 Å². The fourth-order valence-electron chi connectivity index (χ4n) is 12.7. The van der Waals surface area contributed by atoms with Crippen molar-refractivity contribution in [3.8, 4) is 0 Å². The number of hydrogen-bond donors (Lipinski definition) is 3. The summed E-state index contributed by atoms with van der Waals surface area (Å²) in [6.45, 7) is 20.0. The Labute approximate surface area is 689 Å². The smallest absolute Gasteiger partial charge is 0.790 e. The summed E-state index contributed by atoms with van der Waals surface area (Å²) in [6, 6.07) is 0. The van der Waals surface area contributed by atoms with Crippen LogP contribution in [0, 0.1) is 20.8 Å². The van der Waals surface area contributed by atoms with Crippen LogP contribution in [0.5, 0.6) is 0 Å². The normalized spacial score (nSPS) is 11.5. The molecule has 0 atom stereocenters. The number of thioether (sulfide) groups is 1. The van der Waals surface area contributed by atoms with Gasteiger partial charge in [0.25, 0.3) is 0 Å². The summed E-state index contributed by atoms with van der Waals surface area (Å²) in [6.07, 6.45) is 50.5. The van der Waals surface area contributed by atoms with Crippen molar-refractivity contribution in [2.75, 3.05) is 21.1 Å². The van der Waals surface area contributed by atoms with E-state index in [1.807, 2.05) is 39.2 Å². The first kappa shape index (κ1) is 98.9. The van der Waals surface area contributed by atoms with Crippen LogP contribution in [0.4, 0.5) is 0 Å². The van der Waals surface area contributed by atoms with Gasteiger partial charge in [0.2, 0.25) is 33.6 Å². The molecule has 0 bridgehead atoms. The Kier molecular flexibility index (Phi) is 54.8. The summed E-state index contributed by atoms with van der Waals surface area (Å²) >= 11 is 30.6. The van der Waals surface area contributed by atoms with Crippen molar-refractivity contribution >= 4 is 132 Å². The molecule has 0 radical (unpaired) electrons. The number of hydrogen-bond acceptors (Lipinski definition) is 16. The Bertz CT molecular complexity index is 3520. The molecule has 0 aliphatic carbocycles. The van der Waals surface area contributed by atoms with Gasteiger partial charge in [0.05, 0.1) is 5.25 Å². The van der Waals surface area contributed by atoms with Crippen LogP contribution in [-0.4, -0.2) is 122 Å². The first-order chi connectivity index (χ1) is 50.4. The molecule has 0 aliphatic rings. The molecule has 20 nitrogen and oxygen atoms in total. The maximum Gasteiger partial charge on any atom is 1.00 e. The summed E-state index contributed by atoms with van der Waals surface area (Å²) in [5.74, 6) is 3.10. The third-order valence-corrected chi connectivity index (χ3v) is 22.4. The number of nitrogens with one attached hydrogen (secondary N) is 3. The van der Waals surface area contributed by atoms with Crippen molar-refractivity contribution < 1.29 is 52.4 Å². The first-order valence-corrected chi connectivity index (χ1v) is 44.3. The molecule has 28 heteroatoms. The summed E-state index contributed by atoms with van der Waals surface area (Å²) in [5, 5.41) is 9.89. The third-order valence-electron chi connectivity index (χ3n) is 18.6. The summed E-state index contributed by atoms with van der Waals surface area (Å²) in [5.41, 5.74) is 3.92. The maximum atomic E-state index is 12.9. The fraction of sp³-hybridized carbons (Fsp3) is 0.769. The van der Waals surface area contributed by atoms with E-state index in [1.165, 1.54) is 199 Å². The Morgan fingerprint density at radius 2 is 0.623 bits per heavy atom. The van der Waals surface area contributed by atoms with Crippen LogP contribution in [0.15, 0.2) is 10.1 Å². The van der Waals surface area contributed by atoms with Crippen LogP contribution in [-0.2, 0) is 56.5 Å². The van der Waals surface area contributed by atoms with Gasteiger partial charge < -0.3 is 42.3 Å². The fourth-order valence-corrected chi connectivity index (χ4v) is 15.6. The summed E-state index contributed by atoms with van der Waals surface area (Å²) < 4.78 is 32.1. The molecule has 3 amide bonds. The van der Waals surface area contributed by atoms with Crippen LogP contribution in [0.1, 0.15) is 329 Å². The molecular weight excluding hydrogens is 1490 g/mol. The van der Waals surface area contributed by atoms with Gasteiger partial charge in [-0.3, -0.25) is 14.4 Å². The maximum absolute atomic E-state index is 12.9. The minimum Gasteiger partial charge on any atom is -0.790 e. The zero-order valence-electron chi connectivity index (χ0n) is 67.2. The second-order valence-electron chi connectivity index (χ2n) is 28.7. The van der Waals surface area contributed by atoms with E-state index in [4.69, 9.17) is 46.4 Å². The molecule has 6 aromatic rings. The molecule has 0 unspecified atom stereocenters. The first-order valence-electron chi connectivity index (χ1n) is 39.9. The predicted molar refractivity (Wildman–Crippen MR) is 442 cm³/mol. The van der Waals surface area contributed by atoms with Crippen molar-refractivity contribution in [2.45, 2.75) is 377 Å². The zero-order valence-corrected chi connectivity index (χ0v) is 74.7. The molecule has 0 aromatic carbocycles. The molecule has 6 rings (SSSR count). The van der Waals surface area contributed by atoms with E-state index in [0.717, 1.165) is 98.0 Å². The topological polar surface area (TPSA) is 252 Å². The number of imidazole rings is 3.